The van der Waals surface area contributed by atoms with Crippen molar-refractivity contribution < 1.29 is 9.90 Å². The standard InChI is InChI=1S/C15H27N3O2/c1-17-12-4-2-5-13(17)9-11(8-12)16-15(20)18-7-3-6-14(18)10-19/h11-14,19H,2-10H2,1H3,(H,16,20)/t11?,12?,13?,14-/m0/s1. The van der Waals surface area contributed by atoms with E-state index < -0.39 is 0 Å². The molecular formula is C15H27N3O2. The molecular weight excluding hydrogens is 254 g/mol. The summed E-state index contributed by atoms with van der Waals surface area (Å²) in [4.78, 5) is 16.7. The maximum absolute atomic E-state index is 12.4. The van der Waals surface area contributed by atoms with Crippen LogP contribution < -0.4 is 5.32 Å². The first kappa shape index (κ1) is 14.1. The third kappa shape index (κ3) is 2.66. The van der Waals surface area contributed by atoms with E-state index in [2.05, 4.69) is 17.3 Å². The minimum atomic E-state index is 0.0285. The second kappa shape index (κ2) is 5.90. The topological polar surface area (TPSA) is 55.8 Å². The number of hydrogen-bond donors (Lipinski definition) is 2. The fourth-order valence-corrected chi connectivity index (χ4v) is 4.28. The molecule has 3 heterocycles. The fraction of sp³-hybridized carbons (Fsp3) is 0.933. The van der Waals surface area contributed by atoms with Crippen molar-refractivity contribution in [3.8, 4) is 0 Å². The molecule has 3 fully saturated rings. The lowest BCUT2D eigenvalue weighted by Gasteiger charge is -2.47. The molecule has 2 amide bonds. The van der Waals surface area contributed by atoms with Crippen molar-refractivity contribution in [1.82, 2.24) is 15.1 Å². The lowest BCUT2D eigenvalue weighted by molar-refractivity contribution is 0.0487. The number of nitrogens with one attached hydrogen (secondary N) is 1. The minimum absolute atomic E-state index is 0.0285. The van der Waals surface area contributed by atoms with Crippen molar-refractivity contribution in [3.05, 3.63) is 0 Å². The lowest BCUT2D eigenvalue weighted by atomic mass is 9.82. The second-order valence-electron chi connectivity index (χ2n) is 6.69. The van der Waals surface area contributed by atoms with Crippen LogP contribution >= 0.6 is 0 Å². The smallest absolute Gasteiger partial charge is 0.317 e. The number of nitrogens with zero attached hydrogens (tertiary/aromatic N) is 2. The summed E-state index contributed by atoms with van der Waals surface area (Å²) in [5.41, 5.74) is 0. The van der Waals surface area contributed by atoms with Crippen LogP contribution in [0.4, 0.5) is 4.79 Å². The Hall–Kier alpha value is -0.810. The van der Waals surface area contributed by atoms with E-state index in [-0.39, 0.29) is 18.7 Å². The first-order valence-electron chi connectivity index (χ1n) is 8.09. The van der Waals surface area contributed by atoms with Crippen LogP contribution in [-0.2, 0) is 0 Å². The number of urea groups is 1. The number of aliphatic hydroxyl groups is 1. The number of carbonyl (C=O) groups is 1. The third-order valence-electron chi connectivity index (χ3n) is 5.52. The Morgan fingerprint density at radius 3 is 2.55 bits per heavy atom. The van der Waals surface area contributed by atoms with Gasteiger partial charge in [0, 0.05) is 24.7 Å². The summed E-state index contributed by atoms with van der Waals surface area (Å²) < 4.78 is 0. The highest BCUT2D eigenvalue weighted by Crippen LogP contribution is 2.32. The average molecular weight is 281 g/mol. The molecule has 0 saturated carbocycles. The van der Waals surface area contributed by atoms with Gasteiger partial charge in [-0.2, -0.15) is 0 Å². The van der Waals surface area contributed by atoms with E-state index in [1.54, 1.807) is 0 Å². The zero-order chi connectivity index (χ0) is 14.1. The molecule has 3 saturated heterocycles. The van der Waals surface area contributed by atoms with Crippen LogP contribution in [0.15, 0.2) is 0 Å². The van der Waals surface area contributed by atoms with E-state index in [0.29, 0.717) is 18.1 Å². The van der Waals surface area contributed by atoms with Gasteiger partial charge < -0.3 is 20.2 Å². The Morgan fingerprint density at radius 1 is 1.20 bits per heavy atom. The molecule has 3 rings (SSSR count). The van der Waals surface area contributed by atoms with Crippen molar-refractivity contribution in [2.45, 2.75) is 69.1 Å². The number of amides is 2. The van der Waals surface area contributed by atoms with Crippen LogP contribution in [0.5, 0.6) is 0 Å². The number of likely N-dealkylation sites (tertiary alicyclic amines) is 1. The predicted molar refractivity (Wildman–Crippen MR) is 77.6 cm³/mol. The first-order chi connectivity index (χ1) is 9.69. The Balaban J connectivity index is 1.57. The molecule has 3 aliphatic rings. The maximum Gasteiger partial charge on any atom is 0.317 e. The molecule has 3 aliphatic heterocycles. The highest BCUT2D eigenvalue weighted by atomic mass is 16.3. The molecule has 2 N–H and O–H groups in total. The van der Waals surface area contributed by atoms with Crippen molar-refractivity contribution in [2.24, 2.45) is 0 Å². The van der Waals surface area contributed by atoms with Gasteiger partial charge in [-0.25, -0.2) is 4.79 Å². The van der Waals surface area contributed by atoms with Gasteiger partial charge in [-0.1, -0.05) is 6.42 Å². The van der Waals surface area contributed by atoms with Gasteiger partial charge in [0.15, 0.2) is 0 Å². The summed E-state index contributed by atoms with van der Waals surface area (Å²) in [6.07, 6.45) is 7.97. The molecule has 0 radical (unpaired) electrons. The Morgan fingerprint density at radius 2 is 1.90 bits per heavy atom. The largest absolute Gasteiger partial charge is 0.394 e. The van der Waals surface area contributed by atoms with Crippen molar-refractivity contribution in [2.75, 3.05) is 20.2 Å². The molecule has 3 atom stereocenters. The van der Waals surface area contributed by atoms with E-state index >= 15 is 0 Å². The maximum atomic E-state index is 12.4. The van der Waals surface area contributed by atoms with E-state index in [4.69, 9.17) is 0 Å². The number of aliphatic hydroxyl groups excluding tert-OH is 1. The monoisotopic (exact) mass is 281 g/mol. The van der Waals surface area contributed by atoms with Crippen LogP contribution in [0.3, 0.4) is 0 Å². The van der Waals surface area contributed by atoms with Crippen LogP contribution in [0.2, 0.25) is 0 Å². The third-order valence-corrected chi connectivity index (χ3v) is 5.52. The second-order valence-corrected chi connectivity index (χ2v) is 6.69. The Bertz CT molecular complexity index is 349. The van der Waals surface area contributed by atoms with E-state index in [1.165, 1.54) is 19.3 Å². The van der Waals surface area contributed by atoms with Crippen LogP contribution in [0.25, 0.3) is 0 Å². The van der Waals surface area contributed by atoms with Gasteiger partial charge in [-0.3, -0.25) is 0 Å². The summed E-state index contributed by atoms with van der Waals surface area (Å²) in [5, 5.41) is 12.6. The first-order valence-corrected chi connectivity index (χ1v) is 8.09. The number of carbonyl (C=O) groups excluding carboxylic acids is 1. The molecule has 0 aromatic heterocycles. The summed E-state index contributed by atoms with van der Waals surface area (Å²) >= 11 is 0. The summed E-state index contributed by atoms with van der Waals surface area (Å²) in [6, 6.07) is 1.66. The molecule has 2 unspecified atom stereocenters. The molecule has 5 heteroatoms. The van der Waals surface area contributed by atoms with Gasteiger partial charge in [-0.15, -0.1) is 0 Å². The van der Waals surface area contributed by atoms with Crippen LogP contribution in [-0.4, -0.2) is 65.3 Å². The highest BCUT2D eigenvalue weighted by Gasteiger charge is 2.37. The highest BCUT2D eigenvalue weighted by molar-refractivity contribution is 5.75. The van der Waals surface area contributed by atoms with Gasteiger partial charge in [0.2, 0.25) is 0 Å². The van der Waals surface area contributed by atoms with Crippen LogP contribution in [0, 0.1) is 0 Å². The summed E-state index contributed by atoms with van der Waals surface area (Å²) in [5.74, 6) is 0. The lowest BCUT2D eigenvalue weighted by Crippen LogP contribution is -2.57. The molecule has 0 spiro atoms. The summed E-state index contributed by atoms with van der Waals surface area (Å²) in [6.45, 7) is 0.878. The quantitative estimate of drug-likeness (QED) is 0.799. The minimum Gasteiger partial charge on any atom is -0.394 e. The van der Waals surface area contributed by atoms with E-state index in [9.17, 15) is 9.90 Å². The molecule has 0 aromatic carbocycles. The Kier molecular flexibility index (Phi) is 4.17. The van der Waals surface area contributed by atoms with E-state index in [0.717, 1.165) is 32.2 Å². The molecule has 0 aromatic rings. The molecule has 114 valence electrons. The number of fused-ring (bicyclic) bond motifs is 2. The zero-order valence-electron chi connectivity index (χ0n) is 12.4. The van der Waals surface area contributed by atoms with Gasteiger partial charge in [0.1, 0.15) is 0 Å². The fourth-order valence-electron chi connectivity index (χ4n) is 4.28. The molecule has 2 bridgehead atoms. The average Bonchev–Trinajstić information content (AvgIpc) is 2.88. The van der Waals surface area contributed by atoms with Gasteiger partial charge in [0.25, 0.3) is 0 Å². The Labute approximate surface area is 121 Å². The number of rotatable bonds is 2. The normalized spacial score (nSPS) is 38.0. The van der Waals surface area contributed by atoms with Crippen LogP contribution in [0.1, 0.15) is 44.9 Å². The zero-order valence-corrected chi connectivity index (χ0v) is 12.4. The SMILES string of the molecule is CN1C2CCCC1CC(NC(=O)N1CCC[C@H]1CO)C2. The van der Waals surface area contributed by atoms with Crippen molar-refractivity contribution in [3.63, 3.8) is 0 Å². The summed E-state index contributed by atoms with van der Waals surface area (Å²) in [7, 11) is 2.23. The van der Waals surface area contributed by atoms with Gasteiger partial charge in [-0.05, 0) is 45.6 Å². The molecule has 0 aliphatic carbocycles. The van der Waals surface area contributed by atoms with Gasteiger partial charge in [0.05, 0.1) is 12.6 Å². The molecule has 5 nitrogen and oxygen atoms in total. The number of piperidine rings is 2. The van der Waals surface area contributed by atoms with Crippen molar-refractivity contribution in [1.29, 1.82) is 0 Å². The van der Waals surface area contributed by atoms with E-state index in [1.807, 2.05) is 4.90 Å². The number of hydrogen-bond acceptors (Lipinski definition) is 3. The van der Waals surface area contributed by atoms with Gasteiger partial charge >= 0.3 is 6.03 Å². The van der Waals surface area contributed by atoms with Crippen molar-refractivity contribution >= 4 is 6.03 Å². The predicted octanol–water partition coefficient (Wildman–Crippen LogP) is 1.17. The molecule has 20 heavy (non-hydrogen) atoms.